The second-order valence-electron chi connectivity index (χ2n) is 5.35. The van der Waals surface area contributed by atoms with Gasteiger partial charge in [-0.05, 0) is 24.3 Å². The van der Waals surface area contributed by atoms with E-state index in [-0.39, 0.29) is 11.5 Å². The van der Waals surface area contributed by atoms with Crippen LogP contribution >= 0.6 is 0 Å². The van der Waals surface area contributed by atoms with Crippen molar-refractivity contribution in [1.29, 1.82) is 0 Å². The molecule has 0 saturated heterocycles. The van der Waals surface area contributed by atoms with Gasteiger partial charge in [-0.3, -0.25) is 0 Å². The largest absolute Gasteiger partial charge is 0.401 e. The average Bonchev–Trinajstić information content (AvgIpc) is 2.26. The van der Waals surface area contributed by atoms with Crippen LogP contribution in [0.4, 0.5) is 13.2 Å². The standard InChI is InChI=1S/C14H20F3N/c1-11(18-10-14(15,16)17)9-13(2,3)12-7-5-4-6-8-12/h4-8,11,18H,9-10H2,1-3H3. The highest BCUT2D eigenvalue weighted by atomic mass is 19.4. The first-order valence-electron chi connectivity index (χ1n) is 6.06. The smallest absolute Gasteiger partial charge is 0.306 e. The molecule has 0 saturated carbocycles. The molecule has 1 aromatic rings. The summed E-state index contributed by atoms with van der Waals surface area (Å²) < 4.78 is 36.3. The molecule has 1 nitrogen and oxygen atoms in total. The summed E-state index contributed by atoms with van der Waals surface area (Å²) in [6.07, 6.45) is -3.49. The lowest BCUT2D eigenvalue weighted by atomic mass is 9.79. The van der Waals surface area contributed by atoms with Crippen molar-refractivity contribution < 1.29 is 13.2 Å². The average molecular weight is 259 g/mol. The first kappa shape index (κ1) is 15.0. The monoisotopic (exact) mass is 259 g/mol. The van der Waals surface area contributed by atoms with Gasteiger partial charge in [0.15, 0.2) is 0 Å². The molecule has 0 aromatic heterocycles. The van der Waals surface area contributed by atoms with Crippen LogP contribution in [0.1, 0.15) is 32.8 Å². The lowest BCUT2D eigenvalue weighted by Crippen LogP contribution is -2.38. The van der Waals surface area contributed by atoms with Gasteiger partial charge in [0.05, 0.1) is 6.54 Å². The third-order valence-electron chi connectivity index (χ3n) is 3.02. The van der Waals surface area contributed by atoms with Crippen molar-refractivity contribution in [3.63, 3.8) is 0 Å². The van der Waals surface area contributed by atoms with E-state index in [0.717, 1.165) is 5.56 Å². The maximum atomic E-state index is 12.1. The predicted molar refractivity (Wildman–Crippen MR) is 67.6 cm³/mol. The molecule has 0 aliphatic carbocycles. The third kappa shape index (κ3) is 5.08. The van der Waals surface area contributed by atoms with Crippen LogP contribution in [0.3, 0.4) is 0 Å². The molecule has 0 amide bonds. The molecular weight excluding hydrogens is 239 g/mol. The Balaban J connectivity index is 2.55. The van der Waals surface area contributed by atoms with Crippen molar-refractivity contribution >= 4 is 0 Å². The van der Waals surface area contributed by atoms with Gasteiger partial charge in [-0.1, -0.05) is 44.2 Å². The Kier molecular flexibility index (Phi) is 4.79. The van der Waals surface area contributed by atoms with Crippen LogP contribution in [0.15, 0.2) is 30.3 Å². The van der Waals surface area contributed by atoms with E-state index in [1.165, 1.54) is 0 Å². The Bertz CT molecular complexity index is 357. The highest BCUT2D eigenvalue weighted by Gasteiger charge is 2.29. The molecule has 1 N–H and O–H groups in total. The van der Waals surface area contributed by atoms with Gasteiger partial charge in [0.1, 0.15) is 0 Å². The summed E-state index contributed by atoms with van der Waals surface area (Å²) in [4.78, 5) is 0. The molecular formula is C14H20F3N. The number of benzene rings is 1. The fourth-order valence-corrected chi connectivity index (χ4v) is 2.13. The van der Waals surface area contributed by atoms with E-state index in [9.17, 15) is 13.2 Å². The third-order valence-corrected chi connectivity index (χ3v) is 3.02. The summed E-state index contributed by atoms with van der Waals surface area (Å²) >= 11 is 0. The highest BCUT2D eigenvalue weighted by molar-refractivity contribution is 5.23. The van der Waals surface area contributed by atoms with Crippen molar-refractivity contribution in [1.82, 2.24) is 5.32 Å². The minimum Gasteiger partial charge on any atom is -0.306 e. The zero-order chi connectivity index (χ0) is 13.8. The number of nitrogens with one attached hydrogen (secondary N) is 1. The van der Waals surface area contributed by atoms with Crippen molar-refractivity contribution in [2.24, 2.45) is 0 Å². The maximum absolute atomic E-state index is 12.1. The van der Waals surface area contributed by atoms with E-state index in [1.54, 1.807) is 6.92 Å². The molecule has 1 atom stereocenters. The van der Waals surface area contributed by atoms with Crippen molar-refractivity contribution in [2.45, 2.75) is 44.8 Å². The summed E-state index contributed by atoms with van der Waals surface area (Å²) in [5, 5.41) is 2.52. The van der Waals surface area contributed by atoms with Crippen LogP contribution in [0.5, 0.6) is 0 Å². The van der Waals surface area contributed by atoms with E-state index in [2.05, 4.69) is 5.32 Å². The van der Waals surface area contributed by atoms with E-state index in [0.29, 0.717) is 6.42 Å². The summed E-state index contributed by atoms with van der Waals surface area (Å²) in [6, 6.07) is 9.68. The zero-order valence-electron chi connectivity index (χ0n) is 11.0. The summed E-state index contributed by atoms with van der Waals surface area (Å²) in [6.45, 7) is 4.96. The number of halogens is 3. The van der Waals surface area contributed by atoms with Crippen LogP contribution in [-0.4, -0.2) is 18.8 Å². The van der Waals surface area contributed by atoms with Gasteiger partial charge in [0.2, 0.25) is 0 Å². The van der Waals surface area contributed by atoms with Crippen LogP contribution < -0.4 is 5.32 Å². The normalized spacial score (nSPS) is 14.6. The zero-order valence-corrected chi connectivity index (χ0v) is 11.0. The first-order chi connectivity index (χ1) is 8.21. The Labute approximate surface area is 106 Å². The van der Waals surface area contributed by atoms with E-state index < -0.39 is 12.7 Å². The van der Waals surface area contributed by atoms with Gasteiger partial charge in [0.25, 0.3) is 0 Å². The van der Waals surface area contributed by atoms with Crippen molar-refractivity contribution in [3.8, 4) is 0 Å². The highest BCUT2D eigenvalue weighted by Crippen LogP contribution is 2.28. The topological polar surface area (TPSA) is 12.0 Å². The lowest BCUT2D eigenvalue weighted by Gasteiger charge is -2.29. The molecule has 0 spiro atoms. The summed E-state index contributed by atoms with van der Waals surface area (Å²) in [7, 11) is 0. The van der Waals surface area contributed by atoms with Crippen LogP contribution in [-0.2, 0) is 5.41 Å². The second-order valence-corrected chi connectivity index (χ2v) is 5.35. The van der Waals surface area contributed by atoms with Crippen LogP contribution in [0, 0.1) is 0 Å². The van der Waals surface area contributed by atoms with Gasteiger partial charge < -0.3 is 5.32 Å². The molecule has 4 heteroatoms. The van der Waals surface area contributed by atoms with E-state index in [4.69, 9.17) is 0 Å². The Morgan fingerprint density at radius 3 is 2.17 bits per heavy atom. The minimum atomic E-state index is -4.15. The van der Waals surface area contributed by atoms with Gasteiger partial charge in [-0.2, -0.15) is 13.2 Å². The maximum Gasteiger partial charge on any atom is 0.401 e. The molecule has 0 bridgehead atoms. The Hall–Kier alpha value is -1.03. The number of hydrogen-bond donors (Lipinski definition) is 1. The molecule has 0 aliphatic rings. The Morgan fingerprint density at radius 2 is 1.67 bits per heavy atom. The summed E-state index contributed by atoms with van der Waals surface area (Å²) in [5.41, 5.74) is 1.00. The van der Waals surface area contributed by atoms with Crippen LogP contribution in [0.25, 0.3) is 0 Å². The van der Waals surface area contributed by atoms with Gasteiger partial charge >= 0.3 is 6.18 Å². The van der Waals surface area contributed by atoms with Crippen molar-refractivity contribution in [3.05, 3.63) is 35.9 Å². The number of alkyl halides is 3. The lowest BCUT2D eigenvalue weighted by molar-refractivity contribution is -0.126. The van der Waals surface area contributed by atoms with Crippen LogP contribution in [0.2, 0.25) is 0 Å². The van der Waals surface area contributed by atoms with Gasteiger partial charge in [0, 0.05) is 6.04 Å². The fourth-order valence-electron chi connectivity index (χ4n) is 2.13. The van der Waals surface area contributed by atoms with E-state index in [1.807, 2.05) is 44.2 Å². The van der Waals surface area contributed by atoms with Crippen molar-refractivity contribution in [2.75, 3.05) is 6.54 Å². The number of hydrogen-bond acceptors (Lipinski definition) is 1. The molecule has 1 unspecified atom stereocenters. The Morgan fingerprint density at radius 1 is 1.11 bits per heavy atom. The predicted octanol–water partition coefficient (Wildman–Crippen LogP) is 3.89. The fraction of sp³-hybridized carbons (Fsp3) is 0.571. The number of rotatable bonds is 5. The quantitative estimate of drug-likeness (QED) is 0.845. The SMILES string of the molecule is CC(CC(C)(C)c1ccccc1)NCC(F)(F)F. The second kappa shape index (κ2) is 5.74. The van der Waals surface area contributed by atoms with E-state index >= 15 is 0 Å². The van der Waals surface area contributed by atoms with Gasteiger partial charge in [-0.15, -0.1) is 0 Å². The molecule has 0 aliphatic heterocycles. The minimum absolute atomic E-state index is 0.140. The molecule has 1 rings (SSSR count). The molecule has 1 aromatic carbocycles. The molecule has 102 valence electrons. The molecule has 0 fully saturated rings. The molecule has 0 radical (unpaired) electrons. The molecule has 0 heterocycles. The first-order valence-corrected chi connectivity index (χ1v) is 6.06. The summed E-state index contributed by atoms with van der Waals surface area (Å²) in [5.74, 6) is 0. The molecule has 18 heavy (non-hydrogen) atoms. The van der Waals surface area contributed by atoms with Gasteiger partial charge in [-0.25, -0.2) is 0 Å².